The minimum absolute atomic E-state index is 0.0240. The van der Waals surface area contributed by atoms with E-state index in [9.17, 15) is 4.79 Å². The van der Waals surface area contributed by atoms with Gasteiger partial charge in [-0.05, 0) is 6.07 Å². The zero-order chi connectivity index (χ0) is 9.42. The molecule has 0 spiro atoms. The Morgan fingerprint density at radius 2 is 2.38 bits per heavy atom. The third kappa shape index (κ3) is 1.33. The molecule has 2 heterocycles. The molecule has 0 aliphatic rings. The lowest BCUT2D eigenvalue weighted by Gasteiger charge is -1.93. The molecule has 5 nitrogen and oxygen atoms in total. The van der Waals surface area contributed by atoms with Crippen LogP contribution in [-0.4, -0.2) is 25.7 Å². The molecule has 0 bridgehead atoms. The molecular formula is C7H4ClN3O2. The number of carboxylic acid groups (broad SMARTS) is 1. The second-order valence-corrected chi connectivity index (χ2v) is 2.78. The van der Waals surface area contributed by atoms with Crippen molar-refractivity contribution in [1.82, 2.24) is 14.6 Å². The molecule has 13 heavy (non-hydrogen) atoms. The highest BCUT2D eigenvalue weighted by molar-refractivity contribution is 6.29. The monoisotopic (exact) mass is 197 g/mol. The van der Waals surface area contributed by atoms with Gasteiger partial charge in [-0.2, -0.15) is 5.10 Å². The summed E-state index contributed by atoms with van der Waals surface area (Å²) in [5.74, 6) is -1.07. The molecule has 0 amide bonds. The molecule has 2 aromatic rings. The molecule has 1 N–H and O–H groups in total. The molecule has 0 saturated heterocycles. The number of fused-ring (bicyclic) bond motifs is 1. The molecule has 2 aromatic heterocycles. The lowest BCUT2D eigenvalue weighted by molar-refractivity contribution is 0.0690. The molecule has 0 radical (unpaired) electrons. The molecule has 0 aliphatic carbocycles. The maximum Gasteiger partial charge on any atom is 0.354 e. The van der Waals surface area contributed by atoms with Crippen molar-refractivity contribution in [2.75, 3.05) is 0 Å². The number of aromatic carboxylic acids is 1. The van der Waals surface area contributed by atoms with Crippen LogP contribution in [0.4, 0.5) is 0 Å². The average molecular weight is 198 g/mol. The van der Waals surface area contributed by atoms with Crippen molar-refractivity contribution in [2.24, 2.45) is 0 Å². The summed E-state index contributed by atoms with van der Waals surface area (Å²) in [5.41, 5.74) is 0.397. The Kier molecular flexibility index (Phi) is 1.66. The minimum atomic E-state index is -1.07. The number of rotatable bonds is 1. The van der Waals surface area contributed by atoms with Crippen LogP contribution in [0.25, 0.3) is 5.65 Å². The zero-order valence-corrected chi connectivity index (χ0v) is 7.06. The second kappa shape index (κ2) is 2.70. The van der Waals surface area contributed by atoms with Crippen LogP contribution in [0.15, 0.2) is 18.3 Å². The normalized spacial score (nSPS) is 10.5. The van der Waals surface area contributed by atoms with Gasteiger partial charge in [0.05, 0.1) is 0 Å². The van der Waals surface area contributed by atoms with E-state index >= 15 is 0 Å². The Labute approximate surface area is 77.6 Å². The first-order chi connectivity index (χ1) is 6.16. The Balaban J connectivity index is 2.67. The van der Waals surface area contributed by atoms with Crippen LogP contribution >= 0.6 is 11.6 Å². The Bertz CT molecular complexity index is 480. The minimum Gasteiger partial charge on any atom is -0.477 e. The topological polar surface area (TPSA) is 67.5 Å². The summed E-state index contributed by atoms with van der Waals surface area (Å²) in [7, 11) is 0. The molecule has 0 aromatic carbocycles. The van der Waals surface area contributed by atoms with Crippen LogP contribution in [0.3, 0.4) is 0 Å². The Hall–Kier alpha value is -1.62. The van der Waals surface area contributed by atoms with Crippen molar-refractivity contribution >= 4 is 23.2 Å². The van der Waals surface area contributed by atoms with E-state index in [2.05, 4.69) is 10.1 Å². The van der Waals surface area contributed by atoms with Gasteiger partial charge in [0.2, 0.25) is 0 Å². The van der Waals surface area contributed by atoms with Gasteiger partial charge in [-0.3, -0.25) is 0 Å². The molecule has 6 heteroatoms. The van der Waals surface area contributed by atoms with Crippen molar-refractivity contribution in [2.45, 2.75) is 0 Å². The number of nitrogens with zero attached hydrogens (tertiary/aromatic N) is 3. The van der Waals surface area contributed by atoms with Crippen LogP contribution in [0.5, 0.6) is 0 Å². The first-order valence-electron chi connectivity index (χ1n) is 3.42. The van der Waals surface area contributed by atoms with Crippen LogP contribution in [0, 0.1) is 0 Å². The SMILES string of the molecule is O=C(O)c1ccn2nc(Cl)cc2n1. The smallest absolute Gasteiger partial charge is 0.354 e. The standard InChI is InChI=1S/C7H4ClN3O2/c8-5-3-6-9-4(7(12)13)1-2-11(6)10-5/h1-3H,(H,12,13). The van der Waals surface area contributed by atoms with Crippen LogP contribution in [0.1, 0.15) is 10.5 Å². The molecule has 0 fully saturated rings. The van der Waals surface area contributed by atoms with Crippen molar-refractivity contribution in [3.05, 3.63) is 29.2 Å². The lowest BCUT2D eigenvalue weighted by Crippen LogP contribution is -2.01. The number of carbonyl (C=O) groups is 1. The van der Waals surface area contributed by atoms with E-state index in [1.54, 1.807) is 0 Å². The van der Waals surface area contributed by atoms with E-state index in [0.717, 1.165) is 0 Å². The van der Waals surface area contributed by atoms with Gasteiger partial charge in [0.25, 0.3) is 0 Å². The van der Waals surface area contributed by atoms with Crippen LogP contribution < -0.4 is 0 Å². The van der Waals surface area contributed by atoms with E-state index in [1.807, 2.05) is 0 Å². The van der Waals surface area contributed by atoms with Crippen molar-refractivity contribution < 1.29 is 9.90 Å². The number of hydrogen-bond donors (Lipinski definition) is 1. The van der Waals surface area contributed by atoms with Gasteiger partial charge >= 0.3 is 5.97 Å². The molecule has 0 atom stereocenters. The summed E-state index contributed by atoms with van der Waals surface area (Å²) in [6.45, 7) is 0. The van der Waals surface area contributed by atoms with Crippen LogP contribution in [-0.2, 0) is 0 Å². The number of carboxylic acids is 1. The zero-order valence-electron chi connectivity index (χ0n) is 6.31. The van der Waals surface area contributed by atoms with Gasteiger partial charge in [-0.1, -0.05) is 11.6 Å². The summed E-state index contributed by atoms with van der Waals surface area (Å²) in [5, 5.41) is 12.8. The van der Waals surface area contributed by atoms with Crippen molar-refractivity contribution in [1.29, 1.82) is 0 Å². The molecular weight excluding hydrogens is 194 g/mol. The predicted octanol–water partition coefficient (Wildman–Crippen LogP) is 1.08. The maximum absolute atomic E-state index is 10.5. The Morgan fingerprint density at radius 3 is 3.08 bits per heavy atom. The number of halogens is 1. The summed E-state index contributed by atoms with van der Waals surface area (Å²) >= 11 is 5.60. The molecule has 0 unspecified atom stereocenters. The highest BCUT2D eigenvalue weighted by atomic mass is 35.5. The Morgan fingerprint density at radius 1 is 1.62 bits per heavy atom. The largest absolute Gasteiger partial charge is 0.477 e. The average Bonchev–Trinajstić information content (AvgIpc) is 2.42. The fourth-order valence-electron chi connectivity index (χ4n) is 0.970. The third-order valence-electron chi connectivity index (χ3n) is 1.51. The second-order valence-electron chi connectivity index (χ2n) is 2.39. The fourth-order valence-corrected chi connectivity index (χ4v) is 1.15. The van der Waals surface area contributed by atoms with Gasteiger partial charge in [-0.15, -0.1) is 0 Å². The van der Waals surface area contributed by atoms with E-state index in [4.69, 9.17) is 16.7 Å². The van der Waals surface area contributed by atoms with Gasteiger partial charge in [0.1, 0.15) is 0 Å². The molecule has 0 saturated carbocycles. The predicted molar refractivity (Wildman–Crippen MR) is 45.0 cm³/mol. The summed E-state index contributed by atoms with van der Waals surface area (Å²) in [4.78, 5) is 14.3. The highest BCUT2D eigenvalue weighted by Gasteiger charge is 2.06. The summed E-state index contributed by atoms with van der Waals surface area (Å²) in [6.07, 6.45) is 1.50. The first kappa shape index (κ1) is 8.00. The third-order valence-corrected chi connectivity index (χ3v) is 1.70. The first-order valence-corrected chi connectivity index (χ1v) is 3.80. The summed E-state index contributed by atoms with van der Waals surface area (Å²) in [6, 6.07) is 2.85. The van der Waals surface area contributed by atoms with Gasteiger partial charge < -0.3 is 5.11 Å². The number of aromatic nitrogens is 3. The van der Waals surface area contributed by atoms with E-state index in [1.165, 1.54) is 22.8 Å². The van der Waals surface area contributed by atoms with E-state index < -0.39 is 5.97 Å². The lowest BCUT2D eigenvalue weighted by atomic mass is 10.4. The fraction of sp³-hybridized carbons (Fsp3) is 0. The summed E-state index contributed by atoms with van der Waals surface area (Å²) < 4.78 is 1.41. The highest BCUT2D eigenvalue weighted by Crippen LogP contribution is 2.09. The van der Waals surface area contributed by atoms with Crippen molar-refractivity contribution in [3.63, 3.8) is 0 Å². The molecule has 2 rings (SSSR count). The molecule has 66 valence electrons. The van der Waals surface area contributed by atoms with Gasteiger partial charge in [-0.25, -0.2) is 14.3 Å². The van der Waals surface area contributed by atoms with E-state index in [-0.39, 0.29) is 10.8 Å². The maximum atomic E-state index is 10.5. The molecule has 0 aliphatic heterocycles. The number of hydrogen-bond acceptors (Lipinski definition) is 3. The van der Waals surface area contributed by atoms with Gasteiger partial charge in [0, 0.05) is 12.3 Å². The van der Waals surface area contributed by atoms with Gasteiger partial charge in [0.15, 0.2) is 16.5 Å². The quantitative estimate of drug-likeness (QED) is 0.743. The van der Waals surface area contributed by atoms with E-state index in [0.29, 0.717) is 5.65 Å². The van der Waals surface area contributed by atoms with Crippen LogP contribution in [0.2, 0.25) is 5.15 Å². The van der Waals surface area contributed by atoms with Crippen molar-refractivity contribution in [3.8, 4) is 0 Å².